The fraction of sp³-hybridized carbons (Fsp3) is 0.593. The number of aliphatic hydroxyl groups excluding tert-OH is 1. The fourth-order valence-electron chi connectivity index (χ4n) is 7.53. The molecule has 2 bridgehead atoms. The third kappa shape index (κ3) is 2.74. The Hall–Kier alpha value is -2.15. The van der Waals surface area contributed by atoms with Crippen molar-refractivity contribution in [2.75, 3.05) is 13.6 Å². The molecule has 1 aromatic rings. The van der Waals surface area contributed by atoms with Crippen LogP contribution in [0.4, 0.5) is 0 Å². The Morgan fingerprint density at radius 3 is 2.88 bits per heavy atom. The van der Waals surface area contributed by atoms with Crippen molar-refractivity contribution in [3.63, 3.8) is 0 Å². The molecule has 6 heteroatoms. The average molecular weight is 452 g/mol. The van der Waals surface area contributed by atoms with Crippen LogP contribution < -0.4 is 9.47 Å². The van der Waals surface area contributed by atoms with Crippen molar-refractivity contribution < 1.29 is 24.5 Å². The summed E-state index contributed by atoms with van der Waals surface area (Å²) in [6.07, 6.45) is 11.4. The van der Waals surface area contributed by atoms with Gasteiger partial charge in [0, 0.05) is 24.2 Å². The maximum absolute atomic E-state index is 12.4. The van der Waals surface area contributed by atoms with Crippen molar-refractivity contribution in [2.45, 2.75) is 74.7 Å². The van der Waals surface area contributed by atoms with Gasteiger partial charge in [-0.1, -0.05) is 30.7 Å². The minimum atomic E-state index is -0.942. The van der Waals surface area contributed by atoms with Gasteiger partial charge in [0.25, 0.3) is 0 Å². The van der Waals surface area contributed by atoms with E-state index < -0.39 is 29.2 Å². The number of ether oxygens (including phenoxy) is 2. The third-order valence-electron chi connectivity index (χ3n) is 9.14. The highest BCUT2D eigenvalue weighted by Gasteiger charge is 2.81. The summed E-state index contributed by atoms with van der Waals surface area (Å²) in [4.78, 5) is 14.7. The van der Waals surface area contributed by atoms with Crippen LogP contribution in [-0.2, 0) is 16.6 Å². The van der Waals surface area contributed by atoms with Crippen LogP contribution in [0.3, 0.4) is 0 Å². The number of carbonyl (C=O) groups excluding carboxylic acids is 1. The number of esters is 1. The van der Waals surface area contributed by atoms with Gasteiger partial charge in [-0.3, -0.25) is 4.90 Å². The molecule has 4 saturated carbocycles. The molecule has 1 aliphatic heterocycles. The van der Waals surface area contributed by atoms with E-state index in [1.165, 1.54) is 25.3 Å². The van der Waals surface area contributed by atoms with Gasteiger partial charge in [-0.15, -0.1) is 0 Å². The summed E-state index contributed by atoms with van der Waals surface area (Å²) in [5.41, 5.74) is 0.516. The van der Waals surface area contributed by atoms with Crippen molar-refractivity contribution in [3.05, 3.63) is 47.6 Å². The minimum Gasteiger partial charge on any atom is -0.482 e. The van der Waals surface area contributed by atoms with Crippen LogP contribution in [0.25, 0.3) is 0 Å². The highest BCUT2D eigenvalue weighted by molar-refractivity contribution is 5.85. The quantitative estimate of drug-likeness (QED) is 0.300. The first-order chi connectivity index (χ1) is 15.9. The van der Waals surface area contributed by atoms with Crippen molar-refractivity contribution >= 4 is 5.97 Å². The number of hydrogen-bond acceptors (Lipinski definition) is 6. The lowest BCUT2D eigenvalue weighted by molar-refractivity contribution is -0.281. The van der Waals surface area contributed by atoms with Gasteiger partial charge in [0.1, 0.15) is 6.10 Å². The van der Waals surface area contributed by atoms with Crippen LogP contribution in [0.2, 0.25) is 0 Å². The van der Waals surface area contributed by atoms with Crippen LogP contribution in [0.5, 0.6) is 11.5 Å². The van der Waals surface area contributed by atoms with E-state index in [-0.39, 0.29) is 12.0 Å². The first-order valence-corrected chi connectivity index (χ1v) is 12.3. The number of allylic oxidation sites excluding steroid dienone is 3. The largest absolute Gasteiger partial charge is 0.482 e. The summed E-state index contributed by atoms with van der Waals surface area (Å²) in [7, 11) is 2.14. The third-order valence-corrected chi connectivity index (χ3v) is 9.14. The summed E-state index contributed by atoms with van der Waals surface area (Å²) < 4.78 is 12.0. The number of benzene rings is 1. The van der Waals surface area contributed by atoms with Crippen LogP contribution in [0.15, 0.2) is 36.4 Å². The number of aliphatic hydroxyl groups is 2. The summed E-state index contributed by atoms with van der Waals surface area (Å²) in [6.45, 7) is 2.88. The molecular formula is C27H33NO5. The molecule has 6 atom stereocenters. The maximum atomic E-state index is 12.4. The Labute approximate surface area is 194 Å². The van der Waals surface area contributed by atoms with E-state index in [4.69, 9.17) is 9.47 Å². The van der Waals surface area contributed by atoms with Crippen LogP contribution in [0, 0.1) is 11.8 Å². The molecule has 6 nitrogen and oxygen atoms in total. The van der Waals surface area contributed by atoms with Gasteiger partial charge in [0.15, 0.2) is 11.5 Å². The number of nitrogens with zero attached hydrogens (tertiary/aromatic N) is 1. The summed E-state index contributed by atoms with van der Waals surface area (Å²) in [5, 5.41) is 23.3. The number of fused-ring (bicyclic) bond motifs is 1. The summed E-state index contributed by atoms with van der Waals surface area (Å²) >= 11 is 0. The number of rotatable bonds is 6. The second-order valence-corrected chi connectivity index (χ2v) is 10.7. The Kier molecular flexibility index (Phi) is 4.81. The molecule has 6 aliphatic rings. The zero-order valence-electron chi connectivity index (χ0n) is 19.4. The Morgan fingerprint density at radius 2 is 2.15 bits per heavy atom. The second kappa shape index (κ2) is 7.42. The first-order valence-electron chi connectivity index (χ1n) is 12.3. The molecule has 5 aliphatic carbocycles. The Balaban J connectivity index is 1.39. The zero-order chi connectivity index (χ0) is 23.0. The molecule has 1 heterocycles. The lowest BCUT2D eigenvalue weighted by Gasteiger charge is -2.71. The topological polar surface area (TPSA) is 79.2 Å². The molecule has 7 rings (SSSR count). The highest BCUT2D eigenvalue weighted by Crippen LogP contribution is 2.73. The van der Waals surface area contributed by atoms with E-state index in [1.807, 2.05) is 19.1 Å². The Bertz CT molecular complexity index is 1050. The molecule has 33 heavy (non-hydrogen) atoms. The van der Waals surface area contributed by atoms with Crippen LogP contribution >= 0.6 is 0 Å². The average Bonchev–Trinajstić information content (AvgIpc) is 3.15. The van der Waals surface area contributed by atoms with Gasteiger partial charge in [0.2, 0.25) is 0 Å². The maximum Gasteiger partial charge on any atom is 0.336 e. The van der Waals surface area contributed by atoms with Gasteiger partial charge in [0.05, 0.1) is 17.1 Å². The molecule has 0 saturated heterocycles. The molecule has 176 valence electrons. The van der Waals surface area contributed by atoms with E-state index >= 15 is 0 Å². The molecule has 1 unspecified atom stereocenters. The molecule has 4 fully saturated rings. The van der Waals surface area contributed by atoms with Gasteiger partial charge in [-0.05, 0) is 69.5 Å². The lowest BCUT2D eigenvalue weighted by atomic mass is 9.36. The van der Waals surface area contributed by atoms with Gasteiger partial charge in [-0.25, -0.2) is 4.79 Å². The van der Waals surface area contributed by atoms with Gasteiger partial charge >= 0.3 is 5.97 Å². The van der Waals surface area contributed by atoms with Crippen molar-refractivity contribution in [1.29, 1.82) is 0 Å². The smallest absolute Gasteiger partial charge is 0.336 e. The number of likely N-dealkylation sites (N-methyl/N-ethyl adjacent to an activating group) is 1. The monoisotopic (exact) mass is 451 g/mol. The van der Waals surface area contributed by atoms with Crippen LogP contribution in [-0.4, -0.2) is 58.5 Å². The zero-order valence-corrected chi connectivity index (χ0v) is 19.4. The molecule has 2 N–H and O–H groups in total. The molecule has 1 aromatic carbocycles. The highest BCUT2D eigenvalue weighted by atomic mass is 16.6. The molecule has 0 aromatic heterocycles. The van der Waals surface area contributed by atoms with Gasteiger partial charge < -0.3 is 19.7 Å². The summed E-state index contributed by atoms with van der Waals surface area (Å²) in [6, 6.07) is 3.82. The predicted octanol–water partition coefficient (Wildman–Crippen LogP) is 2.90. The molecule has 1 spiro atoms. The minimum absolute atomic E-state index is 0.00827. The van der Waals surface area contributed by atoms with E-state index in [0.717, 1.165) is 30.5 Å². The van der Waals surface area contributed by atoms with E-state index in [1.54, 1.807) is 18.2 Å². The molecular weight excluding hydrogens is 418 g/mol. The van der Waals surface area contributed by atoms with Gasteiger partial charge in [-0.2, -0.15) is 0 Å². The molecule has 0 radical (unpaired) electrons. The van der Waals surface area contributed by atoms with E-state index in [0.29, 0.717) is 23.8 Å². The predicted molar refractivity (Wildman–Crippen MR) is 123 cm³/mol. The normalized spacial score (nSPS) is 38.2. The van der Waals surface area contributed by atoms with E-state index in [9.17, 15) is 15.0 Å². The number of hydrogen-bond donors (Lipinski definition) is 2. The molecule has 0 amide bonds. The number of carbonyl (C=O) groups is 1. The van der Waals surface area contributed by atoms with Crippen LogP contribution in [0.1, 0.15) is 50.2 Å². The SMILES string of the molecule is C/C=C/C=C/C(=O)Oc1ccc2c3c1O[C@H]1[C@@H](O)CC4C[C@]31[C@]4(O)[C@H](N(C)CC1CCC1)C2. The lowest BCUT2D eigenvalue weighted by Crippen LogP contribution is -2.83. The van der Waals surface area contributed by atoms with Crippen molar-refractivity contribution in [2.24, 2.45) is 11.8 Å². The Morgan fingerprint density at radius 1 is 1.33 bits per heavy atom. The van der Waals surface area contributed by atoms with Crippen molar-refractivity contribution in [3.8, 4) is 11.5 Å². The fourth-order valence-corrected chi connectivity index (χ4v) is 7.53. The standard InChI is InChI=1S/C27H33NO5/c1-3-4-5-9-22(30)32-20-11-10-17-12-21(28(2)15-16-7-6-8-16)27(31)18-13-19(29)25-26(27,14-18)23(17)24(20)33-25/h3-5,9-11,16,18-19,21,25,29,31H,6-8,12-15H2,1-2H3/b4-3+,9-5+/t18?,19-,21+,25-,26-,27+/m0/s1. The van der Waals surface area contributed by atoms with Crippen molar-refractivity contribution in [1.82, 2.24) is 4.90 Å². The summed E-state index contributed by atoms with van der Waals surface area (Å²) in [5.74, 6) is 1.19. The van der Waals surface area contributed by atoms with E-state index in [2.05, 4.69) is 11.9 Å². The first kappa shape index (κ1) is 21.4. The second-order valence-electron chi connectivity index (χ2n) is 10.7.